The van der Waals surface area contributed by atoms with Crippen molar-refractivity contribution in [1.82, 2.24) is 10.3 Å². The summed E-state index contributed by atoms with van der Waals surface area (Å²) >= 11 is 1.74. The van der Waals surface area contributed by atoms with Crippen molar-refractivity contribution in [2.75, 3.05) is 13.7 Å². The number of nitrogens with one attached hydrogen (secondary N) is 1. The van der Waals surface area contributed by atoms with Crippen LogP contribution in [0.1, 0.15) is 44.5 Å². The fraction of sp³-hybridized carbons (Fsp3) is 0.800. The van der Waals surface area contributed by atoms with E-state index in [1.165, 1.54) is 17.8 Å². The molecule has 1 N–H and O–H groups in total. The standard InChI is InChI=1S/C15H26N2OS/c1-4-16-13(11-14-17-9-10-19-14)15(18-3)7-5-12(2)6-8-15/h9-10,12-13,16H,4-8,11H2,1-3H3. The second-order valence-electron chi connectivity index (χ2n) is 5.69. The zero-order chi connectivity index (χ0) is 13.7. The Labute approximate surface area is 120 Å². The van der Waals surface area contributed by atoms with Gasteiger partial charge < -0.3 is 10.1 Å². The number of hydrogen-bond donors (Lipinski definition) is 1. The minimum atomic E-state index is -0.00576. The molecule has 19 heavy (non-hydrogen) atoms. The average Bonchev–Trinajstić information content (AvgIpc) is 2.93. The highest BCUT2D eigenvalue weighted by Gasteiger charge is 2.41. The Morgan fingerprint density at radius 1 is 1.53 bits per heavy atom. The summed E-state index contributed by atoms with van der Waals surface area (Å²) in [6.07, 6.45) is 7.74. The van der Waals surface area contributed by atoms with Gasteiger partial charge in [-0.25, -0.2) is 4.98 Å². The van der Waals surface area contributed by atoms with Crippen molar-refractivity contribution in [2.24, 2.45) is 5.92 Å². The van der Waals surface area contributed by atoms with Gasteiger partial charge >= 0.3 is 0 Å². The summed E-state index contributed by atoms with van der Waals surface area (Å²) in [6, 6.07) is 0.376. The zero-order valence-corrected chi connectivity index (χ0v) is 13.1. The molecule has 1 unspecified atom stereocenters. The smallest absolute Gasteiger partial charge is 0.0941 e. The molecule has 2 rings (SSSR count). The quantitative estimate of drug-likeness (QED) is 0.869. The number of ether oxygens (including phenoxy) is 1. The van der Waals surface area contributed by atoms with E-state index >= 15 is 0 Å². The maximum absolute atomic E-state index is 6.00. The van der Waals surface area contributed by atoms with Crippen LogP contribution in [0.15, 0.2) is 11.6 Å². The summed E-state index contributed by atoms with van der Waals surface area (Å²) < 4.78 is 6.00. The van der Waals surface area contributed by atoms with E-state index in [0.717, 1.165) is 31.7 Å². The monoisotopic (exact) mass is 282 g/mol. The fourth-order valence-electron chi connectivity index (χ4n) is 3.16. The molecular weight excluding hydrogens is 256 g/mol. The van der Waals surface area contributed by atoms with Gasteiger partial charge in [0.15, 0.2) is 0 Å². The highest BCUT2D eigenvalue weighted by Crippen LogP contribution is 2.38. The molecule has 1 atom stereocenters. The largest absolute Gasteiger partial charge is 0.377 e. The van der Waals surface area contributed by atoms with Crippen LogP contribution < -0.4 is 5.32 Å². The Balaban J connectivity index is 2.10. The number of rotatable bonds is 6. The maximum Gasteiger partial charge on any atom is 0.0941 e. The summed E-state index contributed by atoms with van der Waals surface area (Å²) in [6.45, 7) is 5.50. The molecule has 0 spiro atoms. The summed E-state index contributed by atoms with van der Waals surface area (Å²) in [5.74, 6) is 0.838. The van der Waals surface area contributed by atoms with Crippen molar-refractivity contribution >= 4 is 11.3 Å². The van der Waals surface area contributed by atoms with Crippen LogP contribution in [0.5, 0.6) is 0 Å². The van der Waals surface area contributed by atoms with Crippen LogP contribution in [-0.4, -0.2) is 30.3 Å². The minimum absolute atomic E-state index is 0.00576. The Hall–Kier alpha value is -0.450. The first-order valence-corrected chi connectivity index (χ1v) is 8.25. The van der Waals surface area contributed by atoms with Crippen molar-refractivity contribution < 1.29 is 4.74 Å². The predicted octanol–water partition coefficient (Wildman–Crippen LogP) is 3.26. The van der Waals surface area contributed by atoms with E-state index in [1.807, 2.05) is 13.3 Å². The molecule has 1 heterocycles. The molecule has 108 valence electrons. The Morgan fingerprint density at radius 3 is 2.79 bits per heavy atom. The Morgan fingerprint density at radius 2 is 2.26 bits per heavy atom. The van der Waals surface area contributed by atoms with Crippen LogP contribution >= 0.6 is 11.3 Å². The SMILES string of the molecule is CCNC(Cc1nccs1)C1(OC)CCC(C)CC1. The van der Waals surface area contributed by atoms with Crippen LogP contribution in [0, 0.1) is 5.92 Å². The van der Waals surface area contributed by atoms with Gasteiger partial charge in [-0.2, -0.15) is 0 Å². The van der Waals surface area contributed by atoms with E-state index in [-0.39, 0.29) is 5.60 Å². The number of aromatic nitrogens is 1. The number of hydrogen-bond acceptors (Lipinski definition) is 4. The van der Waals surface area contributed by atoms with Gasteiger partial charge in [-0.15, -0.1) is 11.3 Å². The molecule has 1 aliphatic rings. The van der Waals surface area contributed by atoms with Crippen molar-refractivity contribution in [3.05, 3.63) is 16.6 Å². The number of nitrogens with zero attached hydrogens (tertiary/aromatic N) is 1. The van der Waals surface area contributed by atoms with E-state index in [2.05, 4.69) is 29.5 Å². The Bertz CT molecular complexity index is 358. The summed E-state index contributed by atoms with van der Waals surface area (Å²) in [4.78, 5) is 4.44. The first kappa shape index (κ1) is 14.9. The zero-order valence-electron chi connectivity index (χ0n) is 12.3. The summed E-state index contributed by atoms with van der Waals surface area (Å²) in [7, 11) is 1.88. The highest BCUT2D eigenvalue weighted by molar-refractivity contribution is 7.09. The lowest BCUT2D eigenvalue weighted by atomic mass is 9.74. The van der Waals surface area contributed by atoms with E-state index in [4.69, 9.17) is 4.74 Å². The molecule has 0 radical (unpaired) electrons. The molecule has 0 aromatic carbocycles. The molecule has 3 nitrogen and oxygen atoms in total. The van der Waals surface area contributed by atoms with Crippen molar-refractivity contribution in [1.29, 1.82) is 0 Å². The van der Waals surface area contributed by atoms with Gasteiger partial charge in [-0.3, -0.25) is 0 Å². The molecule has 1 saturated carbocycles. The van der Waals surface area contributed by atoms with E-state index in [1.54, 1.807) is 11.3 Å². The summed E-state index contributed by atoms with van der Waals surface area (Å²) in [5.41, 5.74) is -0.00576. The number of methoxy groups -OCH3 is 1. The molecule has 0 amide bonds. The van der Waals surface area contributed by atoms with Crippen LogP contribution in [0.2, 0.25) is 0 Å². The molecule has 0 bridgehead atoms. The van der Waals surface area contributed by atoms with Crippen LogP contribution in [0.3, 0.4) is 0 Å². The maximum atomic E-state index is 6.00. The molecule has 4 heteroatoms. The first-order valence-electron chi connectivity index (χ1n) is 7.37. The summed E-state index contributed by atoms with van der Waals surface area (Å²) in [5, 5.41) is 6.90. The van der Waals surface area contributed by atoms with E-state index in [9.17, 15) is 0 Å². The second kappa shape index (κ2) is 6.82. The second-order valence-corrected chi connectivity index (χ2v) is 6.67. The van der Waals surface area contributed by atoms with Gasteiger partial charge in [0.1, 0.15) is 0 Å². The lowest BCUT2D eigenvalue weighted by molar-refractivity contribution is -0.0742. The molecule has 0 saturated heterocycles. The third-order valence-corrected chi connectivity index (χ3v) is 5.28. The lowest BCUT2D eigenvalue weighted by Gasteiger charge is -2.44. The van der Waals surface area contributed by atoms with Crippen LogP contribution in [0.4, 0.5) is 0 Å². The van der Waals surface area contributed by atoms with Gasteiger partial charge in [-0.1, -0.05) is 13.8 Å². The first-order chi connectivity index (χ1) is 9.20. The number of thiazole rings is 1. The van der Waals surface area contributed by atoms with Crippen LogP contribution in [0.25, 0.3) is 0 Å². The van der Waals surface area contributed by atoms with Crippen molar-refractivity contribution in [3.8, 4) is 0 Å². The topological polar surface area (TPSA) is 34.2 Å². The van der Waals surface area contributed by atoms with Gasteiger partial charge in [-0.05, 0) is 38.1 Å². The molecule has 1 aromatic rings. The molecule has 0 aliphatic heterocycles. The van der Waals surface area contributed by atoms with Gasteiger partial charge in [0.25, 0.3) is 0 Å². The Kier molecular flexibility index (Phi) is 5.37. The van der Waals surface area contributed by atoms with Crippen LogP contribution in [-0.2, 0) is 11.2 Å². The predicted molar refractivity (Wildman–Crippen MR) is 80.7 cm³/mol. The van der Waals surface area contributed by atoms with Crippen molar-refractivity contribution in [2.45, 2.75) is 57.6 Å². The highest BCUT2D eigenvalue weighted by atomic mass is 32.1. The third kappa shape index (κ3) is 3.56. The minimum Gasteiger partial charge on any atom is -0.377 e. The van der Waals surface area contributed by atoms with Gasteiger partial charge in [0, 0.05) is 31.1 Å². The normalized spacial score (nSPS) is 29.3. The molecule has 1 fully saturated rings. The van der Waals surface area contributed by atoms with E-state index < -0.39 is 0 Å². The molecular formula is C15H26N2OS. The van der Waals surface area contributed by atoms with Gasteiger partial charge in [0.05, 0.1) is 10.6 Å². The molecule has 1 aliphatic carbocycles. The fourth-order valence-corrected chi connectivity index (χ4v) is 3.83. The average molecular weight is 282 g/mol. The van der Waals surface area contributed by atoms with Gasteiger partial charge in [0.2, 0.25) is 0 Å². The third-order valence-electron chi connectivity index (χ3n) is 4.47. The lowest BCUT2D eigenvalue weighted by Crippen LogP contribution is -2.55. The van der Waals surface area contributed by atoms with Crippen molar-refractivity contribution in [3.63, 3.8) is 0 Å². The van der Waals surface area contributed by atoms with E-state index in [0.29, 0.717) is 6.04 Å². The number of likely N-dealkylation sites (N-methyl/N-ethyl adjacent to an activating group) is 1. The molecule has 1 aromatic heterocycles.